The summed E-state index contributed by atoms with van der Waals surface area (Å²) in [5.41, 5.74) is 0.877. The van der Waals surface area contributed by atoms with Gasteiger partial charge in [0.15, 0.2) is 5.69 Å². The number of imidazole rings is 1. The molecule has 21 heavy (non-hydrogen) atoms. The van der Waals surface area contributed by atoms with Crippen LogP contribution in [0.15, 0.2) is 24.9 Å². The number of carboxylic acids is 1. The first-order valence-corrected chi connectivity index (χ1v) is 6.30. The van der Waals surface area contributed by atoms with Crippen molar-refractivity contribution in [2.45, 2.75) is 13.5 Å². The number of aryl methyl sites for hydroxylation is 1. The van der Waals surface area contributed by atoms with Gasteiger partial charge in [0.2, 0.25) is 0 Å². The predicted octanol–water partition coefficient (Wildman–Crippen LogP) is 0.440. The molecule has 3 heterocycles. The Morgan fingerprint density at radius 3 is 3.05 bits per heavy atom. The lowest BCUT2D eigenvalue weighted by Gasteiger charge is -2.08. The van der Waals surface area contributed by atoms with Crippen molar-refractivity contribution >= 4 is 17.6 Å². The number of nitrogens with zero attached hydrogens (tertiary/aromatic N) is 6. The molecule has 0 unspecified atom stereocenters. The van der Waals surface area contributed by atoms with Crippen molar-refractivity contribution < 1.29 is 9.90 Å². The second-order valence-electron chi connectivity index (χ2n) is 4.48. The maximum Gasteiger partial charge on any atom is 0.356 e. The first-order chi connectivity index (χ1) is 10.1. The predicted molar refractivity (Wildman–Crippen MR) is 73.2 cm³/mol. The van der Waals surface area contributed by atoms with Gasteiger partial charge in [0, 0.05) is 31.0 Å². The number of hydrogen-bond acceptors (Lipinski definition) is 6. The third-order valence-corrected chi connectivity index (χ3v) is 2.91. The molecule has 0 amide bonds. The van der Waals surface area contributed by atoms with E-state index in [2.05, 4.69) is 25.4 Å². The molecule has 108 valence electrons. The van der Waals surface area contributed by atoms with E-state index < -0.39 is 5.97 Å². The van der Waals surface area contributed by atoms with E-state index in [0.29, 0.717) is 18.9 Å². The number of fused-ring (bicyclic) bond motifs is 1. The molecule has 3 rings (SSSR count). The highest BCUT2D eigenvalue weighted by Gasteiger charge is 2.07. The summed E-state index contributed by atoms with van der Waals surface area (Å²) in [6, 6.07) is 1.87. The molecule has 9 nitrogen and oxygen atoms in total. The number of rotatable bonds is 5. The molecular formula is C12H13N7O2. The van der Waals surface area contributed by atoms with Crippen LogP contribution in [0.4, 0.5) is 5.82 Å². The Kier molecular flexibility index (Phi) is 3.22. The van der Waals surface area contributed by atoms with Crippen LogP contribution in [0.3, 0.4) is 0 Å². The minimum absolute atomic E-state index is 0.0356. The lowest BCUT2D eigenvalue weighted by Crippen LogP contribution is -2.13. The van der Waals surface area contributed by atoms with Gasteiger partial charge >= 0.3 is 5.97 Å². The van der Waals surface area contributed by atoms with Crippen LogP contribution in [-0.2, 0) is 6.54 Å². The highest BCUT2D eigenvalue weighted by Crippen LogP contribution is 2.09. The highest BCUT2D eigenvalue weighted by atomic mass is 16.4. The highest BCUT2D eigenvalue weighted by molar-refractivity contribution is 5.84. The Balaban J connectivity index is 1.68. The zero-order chi connectivity index (χ0) is 14.8. The van der Waals surface area contributed by atoms with Crippen molar-refractivity contribution in [3.8, 4) is 0 Å². The molecule has 9 heteroatoms. The number of hydrogen-bond donors (Lipinski definition) is 2. The van der Waals surface area contributed by atoms with Crippen LogP contribution in [0.1, 0.15) is 16.2 Å². The maximum atomic E-state index is 10.7. The maximum absolute atomic E-state index is 10.7. The first-order valence-electron chi connectivity index (χ1n) is 6.30. The van der Waals surface area contributed by atoms with Gasteiger partial charge in [0.1, 0.15) is 12.1 Å². The standard InChI is InChI=1S/C12H13N7O2/c1-8-4-10(19-12(17-8)14-6-16-19)13-2-3-18-5-9(11(20)21)15-7-18/h4-7,13H,2-3H2,1H3,(H,20,21). The Morgan fingerprint density at radius 2 is 2.29 bits per heavy atom. The van der Waals surface area contributed by atoms with Crippen LogP contribution in [0, 0.1) is 6.92 Å². The van der Waals surface area contributed by atoms with Crippen LogP contribution in [0.2, 0.25) is 0 Å². The minimum atomic E-state index is -1.03. The average molecular weight is 287 g/mol. The van der Waals surface area contributed by atoms with Gasteiger partial charge in [-0.15, -0.1) is 0 Å². The summed E-state index contributed by atoms with van der Waals surface area (Å²) in [7, 11) is 0. The molecule has 0 atom stereocenters. The minimum Gasteiger partial charge on any atom is -0.476 e. The number of carboxylic acid groups (broad SMARTS) is 1. The first kappa shape index (κ1) is 13.0. The summed E-state index contributed by atoms with van der Waals surface area (Å²) in [4.78, 5) is 22.8. The van der Waals surface area contributed by atoms with Gasteiger partial charge in [-0.3, -0.25) is 0 Å². The van der Waals surface area contributed by atoms with E-state index in [9.17, 15) is 4.79 Å². The molecule has 0 bridgehead atoms. The zero-order valence-corrected chi connectivity index (χ0v) is 11.3. The lowest BCUT2D eigenvalue weighted by molar-refractivity contribution is 0.0691. The number of carbonyl (C=O) groups is 1. The van der Waals surface area contributed by atoms with Gasteiger partial charge in [0.05, 0.1) is 6.33 Å². The van der Waals surface area contributed by atoms with Crippen molar-refractivity contribution in [1.29, 1.82) is 0 Å². The molecule has 2 N–H and O–H groups in total. The van der Waals surface area contributed by atoms with Crippen LogP contribution in [0.25, 0.3) is 5.78 Å². The van der Waals surface area contributed by atoms with E-state index in [4.69, 9.17) is 5.11 Å². The van der Waals surface area contributed by atoms with Crippen LogP contribution >= 0.6 is 0 Å². The molecule has 3 aromatic rings. The quantitative estimate of drug-likeness (QED) is 0.700. The van der Waals surface area contributed by atoms with Gasteiger partial charge in [-0.2, -0.15) is 14.6 Å². The second-order valence-corrected chi connectivity index (χ2v) is 4.48. The summed E-state index contributed by atoms with van der Waals surface area (Å²) in [6.07, 6.45) is 4.43. The molecule has 0 aliphatic heterocycles. The van der Waals surface area contributed by atoms with Gasteiger partial charge in [-0.1, -0.05) is 0 Å². The van der Waals surface area contributed by atoms with E-state index in [1.807, 2.05) is 13.0 Å². The monoisotopic (exact) mass is 287 g/mol. The van der Waals surface area contributed by atoms with Crippen LogP contribution in [0.5, 0.6) is 0 Å². The second kappa shape index (κ2) is 5.19. The Bertz CT molecular complexity index is 792. The van der Waals surface area contributed by atoms with Gasteiger partial charge in [-0.05, 0) is 6.92 Å². The molecule has 0 aromatic carbocycles. The molecule has 0 spiro atoms. The van der Waals surface area contributed by atoms with Crippen molar-refractivity contribution in [3.63, 3.8) is 0 Å². The number of aromatic nitrogens is 6. The Morgan fingerprint density at radius 1 is 1.43 bits per heavy atom. The molecular weight excluding hydrogens is 274 g/mol. The summed E-state index contributed by atoms with van der Waals surface area (Å²) in [5.74, 6) is 0.289. The van der Waals surface area contributed by atoms with Crippen LogP contribution < -0.4 is 5.32 Å². The van der Waals surface area contributed by atoms with E-state index in [1.54, 1.807) is 9.08 Å². The van der Waals surface area contributed by atoms with Gasteiger partial charge in [-0.25, -0.2) is 14.8 Å². The number of nitrogens with one attached hydrogen (secondary N) is 1. The van der Waals surface area contributed by atoms with Crippen LogP contribution in [-0.4, -0.2) is 46.8 Å². The zero-order valence-electron chi connectivity index (χ0n) is 11.3. The summed E-state index contributed by atoms with van der Waals surface area (Å²) in [6.45, 7) is 3.06. The normalized spacial score (nSPS) is 10.9. The molecule has 0 aliphatic carbocycles. The van der Waals surface area contributed by atoms with E-state index >= 15 is 0 Å². The van der Waals surface area contributed by atoms with E-state index in [0.717, 1.165) is 11.5 Å². The molecule has 0 saturated heterocycles. The molecule has 0 saturated carbocycles. The fourth-order valence-electron chi connectivity index (χ4n) is 1.96. The van der Waals surface area contributed by atoms with E-state index in [-0.39, 0.29) is 5.69 Å². The van der Waals surface area contributed by atoms with E-state index in [1.165, 1.54) is 18.9 Å². The fraction of sp³-hybridized carbons (Fsp3) is 0.250. The topological polar surface area (TPSA) is 110 Å². The number of anilines is 1. The summed E-state index contributed by atoms with van der Waals surface area (Å²) >= 11 is 0. The van der Waals surface area contributed by atoms with Crippen molar-refractivity contribution in [2.75, 3.05) is 11.9 Å². The Labute approximate surface area is 119 Å². The number of aromatic carboxylic acids is 1. The largest absolute Gasteiger partial charge is 0.476 e. The molecule has 0 aliphatic rings. The van der Waals surface area contributed by atoms with Gasteiger partial charge in [0.25, 0.3) is 5.78 Å². The lowest BCUT2D eigenvalue weighted by atomic mass is 10.4. The third kappa shape index (κ3) is 2.66. The van der Waals surface area contributed by atoms with Gasteiger partial charge < -0.3 is 15.0 Å². The van der Waals surface area contributed by atoms with Crippen molar-refractivity contribution in [3.05, 3.63) is 36.3 Å². The smallest absolute Gasteiger partial charge is 0.356 e. The van der Waals surface area contributed by atoms with Crippen molar-refractivity contribution in [1.82, 2.24) is 29.1 Å². The summed E-state index contributed by atoms with van der Waals surface area (Å²) < 4.78 is 3.33. The van der Waals surface area contributed by atoms with Crippen molar-refractivity contribution in [2.24, 2.45) is 0 Å². The molecule has 3 aromatic heterocycles. The Hall–Kier alpha value is -2.97. The summed E-state index contributed by atoms with van der Waals surface area (Å²) in [5, 5.41) is 16.1. The average Bonchev–Trinajstić information content (AvgIpc) is 3.06. The molecule has 0 radical (unpaired) electrons. The third-order valence-electron chi connectivity index (χ3n) is 2.91. The molecule has 0 fully saturated rings. The fourth-order valence-corrected chi connectivity index (χ4v) is 1.96. The SMILES string of the molecule is Cc1cc(NCCn2cnc(C(=O)O)c2)n2ncnc2n1.